The Labute approximate surface area is 148 Å². The monoisotopic (exact) mass is 352 g/mol. The van der Waals surface area contributed by atoms with Gasteiger partial charge in [0.05, 0.1) is 16.1 Å². The lowest BCUT2D eigenvalue weighted by Gasteiger charge is -2.08. The van der Waals surface area contributed by atoms with E-state index in [1.165, 1.54) is 0 Å². The number of aryl methyl sites for hydroxylation is 1. The van der Waals surface area contributed by atoms with Crippen molar-refractivity contribution < 1.29 is 9.32 Å². The Hall–Kier alpha value is -3.12. The maximum absolute atomic E-state index is 12.8. The smallest absolute Gasteiger partial charge is 0.276 e. The second-order valence-corrected chi connectivity index (χ2v) is 5.89. The molecule has 0 radical (unpaired) electrons. The van der Waals surface area contributed by atoms with E-state index in [0.29, 0.717) is 27.6 Å². The van der Waals surface area contributed by atoms with E-state index >= 15 is 0 Å². The number of fused-ring (bicyclic) bond motifs is 1. The molecule has 4 rings (SSSR count). The van der Waals surface area contributed by atoms with Crippen molar-refractivity contribution in [1.29, 1.82) is 0 Å². The molecule has 0 spiro atoms. The van der Waals surface area contributed by atoms with Gasteiger partial charge < -0.3 is 4.52 Å². The SMILES string of the molecule is Cc1onc(-c2ccccc2Cl)c1C(=O)Nn1cnc2ccccc21. The molecule has 4 aromatic rings. The zero-order chi connectivity index (χ0) is 17.4. The largest absolute Gasteiger partial charge is 0.360 e. The second kappa shape index (κ2) is 6.07. The van der Waals surface area contributed by atoms with Crippen LogP contribution in [0, 0.1) is 6.92 Å². The number of carbonyl (C=O) groups excluding carboxylic acids is 1. The minimum Gasteiger partial charge on any atom is -0.360 e. The Morgan fingerprint density at radius 1 is 1.16 bits per heavy atom. The van der Waals surface area contributed by atoms with Crippen molar-refractivity contribution >= 4 is 28.5 Å². The minimum atomic E-state index is -0.350. The quantitative estimate of drug-likeness (QED) is 0.604. The maximum Gasteiger partial charge on any atom is 0.276 e. The number of aromatic nitrogens is 3. The van der Waals surface area contributed by atoms with Gasteiger partial charge in [-0.3, -0.25) is 10.2 Å². The first-order chi connectivity index (χ1) is 12.1. The van der Waals surface area contributed by atoms with Gasteiger partial charge in [0.25, 0.3) is 5.91 Å². The summed E-state index contributed by atoms with van der Waals surface area (Å²) < 4.78 is 6.81. The van der Waals surface area contributed by atoms with Gasteiger partial charge in [-0.2, -0.15) is 0 Å². The molecule has 0 unspecified atom stereocenters. The Bertz CT molecular complexity index is 1080. The first-order valence-electron chi connectivity index (χ1n) is 7.60. The van der Waals surface area contributed by atoms with Gasteiger partial charge in [-0.15, -0.1) is 0 Å². The summed E-state index contributed by atoms with van der Waals surface area (Å²) in [6.45, 7) is 1.69. The van der Waals surface area contributed by atoms with Crippen molar-refractivity contribution in [3.8, 4) is 11.3 Å². The summed E-state index contributed by atoms with van der Waals surface area (Å²) in [5.74, 6) is 0.0636. The number of nitrogens with one attached hydrogen (secondary N) is 1. The fraction of sp³-hybridized carbons (Fsp3) is 0.0556. The molecule has 2 aromatic heterocycles. The molecule has 0 aliphatic carbocycles. The van der Waals surface area contributed by atoms with Crippen LogP contribution in [-0.4, -0.2) is 20.7 Å². The molecule has 1 amide bonds. The van der Waals surface area contributed by atoms with Crippen LogP contribution in [0.25, 0.3) is 22.3 Å². The third-order valence-corrected chi connectivity index (χ3v) is 4.22. The average molecular weight is 353 g/mol. The molecular formula is C18H13ClN4O2. The molecule has 0 aliphatic heterocycles. The van der Waals surface area contributed by atoms with Crippen LogP contribution in [0.3, 0.4) is 0 Å². The molecule has 6 nitrogen and oxygen atoms in total. The number of hydrogen-bond acceptors (Lipinski definition) is 4. The molecule has 0 saturated heterocycles. The number of rotatable bonds is 3. The molecule has 2 aromatic carbocycles. The lowest BCUT2D eigenvalue weighted by molar-refractivity contribution is 0.101. The molecule has 0 aliphatic rings. The first-order valence-corrected chi connectivity index (χ1v) is 7.97. The van der Waals surface area contributed by atoms with Crippen LogP contribution in [0.1, 0.15) is 16.1 Å². The van der Waals surface area contributed by atoms with Crippen molar-refractivity contribution in [2.75, 3.05) is 5.43 Å². The fourth-order valence-corrected chi connectivity index (χ4v) is 2.92. The van der Waals surface area contributed by atoms with Crippen molar-refractivity contribution in [3.63, 3.8) is 0 Å². The molecule has 0 bridgehead atoms. The van der Waals surface area contributed by atoms with Gasteiger partial charge in [0, 0.05) is 5.56 Å². The second-order valence-electron chi connectivity index (χ2n) is 5.49. The third-order valence-electron chi connectivity index (χ3n) is 3.89. The van der Waals surface area contributed by atoms with Crippen molar-refractivity contribution in [1.82, 2.24) is 14.8 Å². The highest BCUT2D eigenvalue weighted by atomic mass is 35.5. The normalized spacial score (nSPS) is 11.0. The van der Waals surface area contributed by atoms with Gasteiger partial charge in [-0.1, -0.05) is 47.1 Å². The zero-order valence-corrected chi connectivity index (χ0v) is 14.0. The van der Waals surface area contributed by atoms with Gasteiger partial charge in [0.1, 0.15) is 23.3 Å². The number of halogens is 1. The topological polar surface area (TPSA) is 73.0 Å². The highest BCUT2D eigenvalue weighted by Gasteiger charge is 2.23. The molecule has 7 heteroatoms. The van der Waals surface area contributed by atoms with E-state index in [1.54, 1.807) is 30.1 Å². The summed E-state index contributed by atoms with van der Waals surface area (Å²) in [6, 6.07) is 14.7. The van der Waals surface area contributed by atoms with Gasteiger partial charge in [0.2, 0.25) is 0 Å². The van der Waals surface area contributed by atoms with Crippen LogP contribution < -0.4 is 5.43 Å². The minimum absolute atomic E-state index is 0.339. The van der Waals surface area contributed by atoms with E-state index in [2.05, 4.69) is 15.6 Å². The number of carbonyl (C=O) groups is 1. The number of hydrogen-bond donors (Lipinski definition) is 1. The molecule has 2 heterocycles. The van der Waals surface area contributed by atoms with Gasteiger partial charge >= 0.3 is 0 Å². The van der Waals surface area contributed by atoms with Gasteiger partial charge in [-0.25, -0.2) is 9.66 Å². The standard InChI is InChI=1S/C18H13ClN4O2/c1-11-16(17(22-25-11)12-6-2-3-7-13(12)19)18(24)21-23-10-20-14-8-4-5-9-15(14)23/h2-10H,1H3,(H,21,24). The molecule has 0 saturated carbocycles. The van der Waals surface area contributed by atoms with Gasteiger partial charge in [0.15, 0.2) is 0 Å². The van der Waals surface area contributed by atoms with Crippen molar-refractivity contribution in [3.05, 3.63) is 71.2 Å². The highest BCUT2D eigenvalue weighted by Crippen LogP contribution is 2.31. The summed E-state index contributed by atoms with van der Waals surface area (Å²) in [4.78, 5) is 17.1. The summed E-state index contributed by atoms with van der Waals surface area (Å²) >= 11 is 6.24. The number of para-hydroxylation sites is 2. The summed E-state index contributed by atoms with van der Waals surface area (Å²) in [7, 11) is 0. The number of imidazole rings is 1. The average Bonchev–Trinajstić information content (AvgIpc) is 3.19. The van der Waals surface area contributed by atoms with E-state index in [4.69, 9.17) is 16.1 Å². The van der Waals surface area contributed by atoms with E-state index in [9.17, 15) is 4.79 Å². The molecule has 1 N–H and O–H groups in total. The highest BCUT2D eigenvalue weighted by molar-refractivity contribution is 6.33. The van der Waals surface area contributed by atoms with Crippen molar-refractivity contribution in [2.45, 2.75) is 6.92 Å². The number of benzene rings is 2. The molecule has 0 fully saturated rings. The van der Waals surface area contributed by atoms with E-state index < -0.39 is 0 Å². The van der Waals surface area contributed by atoms with E-state index in [1.807, 2.05) is 36.4 Å². The maximum atomic E-state index is 12.8. The van der Waals surface area contributed by atoms with Crippen LogP contribution in [0.15, 0.2) is 59.4 Å². The van der Waals surface area contributed by atoms with E-state index in [-0.39, 0.29) is 5.91 Å². The Morgan fingerprint density at radius 3 is 2.76 bits per heavy atom. The molecule has 124 valence electrons. The number of nitrogens with zero attached hydrogens (tertiary/aromatic N) is 3. The summed E-state index contributed by atoms with van der Waals surface area (Å²) in [5.41, 5.74) is 5.78. The predicted octanol–water partition coefficient (Wildman–Crippen LogP) is 4.04. The summed E-state index contributed by atoms with van der Waals surface area (Å²) in [5, 5.41) is 4.51. The van der Waals surface area contributed by atoms with Crippen LogP contribution in [0.2, 0.25) is 5.02 Å². The predicted molar refractivity (Wildman–Crippen MR) is 95.1 cm³/mol. The van der Waals surface area contributed by atoms with Crippen LogP contribution in [0.4, 0.5) is 0 Å². The Morgan fingerprint density at radius 2 is 1.92 bits per heavy atom. The molecular weight excluding hydrogens is 340 g/mol. The van der Waals surface area contributed by atoms with Crippen molar-refractivity contribution in [2.24, 2.45) is 0 Å². The van der Waals surface area contributed by atoms with Gasteiger partial charge in [-0.05, 0) is 25.1 Å². The van der Waals surface area contributed by atoms with E-state index in [0.717, 1.165) is 11.0 Å². The third kappa shape index (κ3) is 2.66. The fourth-order valence-electron chi connectivity index (χ4n) is 2.69. The van der Waals surface area contributed by atoms with Crippen LogP contribution in [-0.2, 0) is 0 Å². The zero-order valence-electron chi connectivity index (χ0n) is 13.2. The number of amides is 1. The lowest BCUT2D eigenvalue weighted by atomic mass is 10.1. The lowest BCUT2D eigenvalue weighted by Crippen LogP contribution is -2.22. The summed E-state index contributed by atoms with van der Waals surface area (Å²) in [6.07, 6.45) is 1.56. The molecule has 25 heavy (non-hydrogen) atoms. The first kappa shape index (κ1) is 15.4. The van der Waals surface area contributed by atoms with Crippen LogP contribution in [0.5, 0.6) is 0 Å². The Balaban J connectivity index is 1.74. The molecule has 0 atom stereocenters. The van der Waals surface area contributed by atoms with Crippen LogP contribution >= 0.6 is 11.6 Å². The Kier molecular flexibility index (Phi) is 3.74.